The van der Waals surface area contributed by atoms with Gasteiger partial charge in [0.1, 0.15) is 18.1 Å². The van der Waals surface area contributed by atoms with E-state index in [9.17, 15) is 35.0 Å². The molecule has 41 heavy (non-hydrogen) atoms. The number of allylic oxidation sites excluding steroid dienone is 4. The fourth-order valence-electron chi connectivity index (χ4n) is 5.09. The molecule has 3 aromatic rings. The summed E-state index contributed by atoms with van der Waals surface area (Å²) >= 11 is 0. The molecule has 1 heterocycles. The van der Waals surface area contributed by atoms with E-state index < -0.39 is 29.3 Å². The molecule has 10 nitrogen and oxygen atoms in total. The molecule has 5 rings (SSSR count). The first-order chi connectivity index (χ1) is 19.8. The number of anilines is 1. The number of Topliss-reactive ketones (excluding diaryl/α,β-unsaturated/α-hetero) is 2. The molecule has 1 aliphatic heterocycles. The lowest BCUT2D eigenvalue weighted by Crippen LogP contribution is -2.41. The number of imide groups is 1. The molecule has 0 saturated carbocycles. The fraction of sp³-hybridized carbons (Fsp3) is 0.0645. The molecular weight excluding hydrogens is 520 g/mol. The van der Waals surface area contributed by atoms with Crippen molar-refractivity contribution < 1.29 is 19.2 Å². The van der Waals surface area contributed by atoms with Crippen molar-refractivity contribution in [3.05, 3.63) is 99.1 Å². The second-order valence-electron chi connectivity index (χ2n) is 9.12. The lowest BCUT2D eigenvalue weighted by atomic mass is 9.74. The normalized spacial score (nSPS) is 15.1. The Morgan fingerprint density at radius 3 is 1.90 bits per heavy atom. The van der Waals surface area contributed by atoms with E-state index in [-0.39, 0.29) is 61.0 Å². The summed E-state index contributed by atoms with van der Waals surface area (Å²) in [7, 11) is 0. The Hall–Kier alpha value is -6.49. The summed E-state index contributed by atoms with van der Waals surface area (Å²) in [6.07, 6.45) is 5.39. The van der Waals surface area contributed by atoms with Crippen LogP contribution in [0.25, 0.3) is 10.8 Å². The van der Waals surface area contributed by atoms with Gasteiger partial charge in [0.05, 0.1) is 22.9 Å². The number of carbonyl (C=O) groups is 4. The summed E-state index contributed by atoms with van der Waals surface area (Å²) in [5.41, 5.74) is 0.959. The van der Waals surface area contributed by atoms with Crippen LogP contribution in [-0.2, 0) is 0 Å². The average molecular weight is 534 g/mol. The number of carbonyl (C=O) groups excluding carboxylic acids is 4. The summed E-state index contributed by atoms with van der Waals surface area (Å²) in [6.45, 7) is 1.50. The quantitative estimate of drug-likeness (QED) is 0.118. The van der Waals surface area contributed by atoms with Gasteiger partial charge in [-0.05, 0) is 67.1 Å². The summed E-state index contributed by atoms with van der Waals surface area (Å²) in [5.74, 6) is -3.98. The molecule has 2 amide bonds. The molecule has 0 fully saturated rings. The number of rotatable bonds is 4. The van der Waals surface area contributed by atoms with Crippen molar-refractivity contribution in [2.45, 2.75) is 6.92 Å². The minimum absolute atomic E-state index is 0.00626. The number of aliphatic imine (C=N–C) groups is 1. The number of nitrogens with zero attached hydrogens (tertiary/aromatic N) is 6. The highest BCUT2D eigenvalue weighted by molar-refractivity contribution is 6.40. The fourth-order valence-corrected chi connectivity index (χ4v) is 5.09. The molecule has 192 valence electrons. The van der Waals surface area contributed by atoms with Gasteiger partial charge in [0, 0.05) is 44.8 Å². The van der Waals surface area contributed by atoms with Crippen LogP contribution >= 0.6 is 0 Å². The summed E-state index contributed by atoms with van der Waals surface area (Å²) in [5, 5.41) is 37.0. The van der Waals surface area contributed by atoms with E-state index in [1.807, 2.05) is 18.2 Å². The minimum atomic E-state index is -1.34. The van der Waals surface area contributed by atoms with Gasteiger partial charge in [-0.1, -0.05) is 0 Å². The maximum Gasteiger partial charge on any atom is 0.265 e. The third-order valence-corrected chi connectivity index (χ3v) is 6.88. The first-order valence-electron chi connectivity index (χ1n) is 12.0. The molecule has 10 heteroatoms. The van der Waals surface area contributed by atoms with Crippen LogP contribution in [0.2, 0.25) is 0 Å². The summed E-state index contributed by atoms with van der Waals surface area (Å²) in [6, 6.07) is 15.4. The number of hydrogen-bond acceptors (Lipinski definition) is 9. The zero-order chi connectivity index (χ0) is 29.4. The van der Waals surface area contributed by atoms with E-state index in [1.54, 1.807) is 6.19 Å². The van der Waals surface area contributed by atoms with Crippen LogP contribution in [0.4, 0.5) is 5.69 Å². The van der Waals surface area contributed by atoms with E-state index in [0.717, 1.165) is 11.1 Å². The molecule has 0 saturated heterocycles. The molecule has 0 unspecified atom stereocenters. The van der Waals surface area contributed by atoms with Crippen LogP contribution in [0.1, 0.15) is 59.5 Å². The van der Waals surface area contributed by atoms with E-state index in [0.29, 0.717) is 0 Å². The van der Waals surface area contributed by atoms with Crippen LogP contribution in [0.15, 0.2) is 70.8 Å². The Balaban J connectivity index is 1.69. The molecule has 2 aliphatic rings. The first-order valence-corrected chi connectivity index (χ1v) is 12.0. The van der Waals surface area contributed by atoms with Gasteiger partial charge in [0.25, 0.3) is 11.8 Å². The van der Waals surface area contributed by atoms with Crippen molar-refractivity contribution in [3.63, 3.8) is 0 Å². The van der Waals surface area contributed by atoms with Crippen molar-refractivity contribution in [2.24, 2.45) is 10.9 Å². The number of amides is 2. The Kier molecular flexibility index (Phi) is 6.37. The van der Waals surface area contributed by atoms with Gasteiger partial charge >= 0.3 is 0 Å². The van der Waals surface area contributed by atoms with Crippen molar-refractivity contribution in [1.82, 2.24) is 0 Å². The van der Waals surface area contributed by atoms with Crippen molar-refractivity contribution in [2.75, 3.05) is 4.90 Å². The van der Waals surface area contributed by atoms with E-state index in [1.165, 1.54) is 61.5 Å². The molecule has 0 N–H and O–H groups in total. The van der Waals surface area contributed by atoms with Gasteiger partial charge in [-0.15, -0.1) is 0 Å². The third kappa shape index (κ3) is 3.97. The second-order valence-corrected chi connectivity index (χ2v) is 9.12. The molecule has 0 atom stereocenters. The Bertz CT molecular complexity index is 1970. The van der Waals surface area contributed by atoms with Gasteiger partial charge in [0.2, 0.25) is 6.19 Å². The van der Waals surface area contributed by atoms with E-state index >= 15 is 0 Å². The molecule has 0 radical (unpaired) electrons. The van der Waals surface area contributed by atoms with Crippen molar-refractivity contribution >= 4 is 46.1 Å². The van der Waals surface area contributed by atoms with Gasteiger partial charge in [0.15, 0.2) is 11.6 Å². The monoisotopic (exact) mass is 534 g/mol. The zero-order valence-electron chi connectivity index (χ0n) is 21.2. The van der Waals surface area contributed by atoms with Crippen LogP contribution in [0.5, 0.6) is 0 Å². The smallest absolute Gasteiger partial charge is 0.265 e. The number of nitriles is 4. The molecule has 0 bridgehead atoms. The lowest BCUT2D eigenvalue weighted by Gasteiger charge is -2.31. The molecule has 0 spiro atoms. The van der Waals surface area contributed by atoms with Gasteiger partial charge in [-0.3, -0.25) is 19.2 Å². The zero-order valence-corrected chi connectivity index (χ0v) is 21.2. The topological polar surface area (TPSA) is 179 Å². The summed E-state index contributed by atoms with van der Waals surface area (Å²) < 4.78 is 0. The third-order valence-electron chi connectivity index (χ3n) is 6.88. The number of benzene rings is 3. The molecule has 0 aromatic heterocycles. The van der Waals surface area contributed by atoms with Gasteiger partial charge < -0.3 is 0 Å². The van der Waals surface area contributed by atoms with Crippen molar-refractivity contribution in [3.8, 4) is 24.4 Å². The van der Waals surface area contributed by atoms with Crippen molar-refractivity contribution in [1.29, 1.82) is 21.0 Å². The van der Waals surface area contributed by atoms with Crippen LogP contribution in [-0.4, -0.2) is 29.6 Å². The Morgan fingerprint density at radius 2 is 1.37 bits per heavy atom. The minimum Gasteiger partial charge on any atom is -0.293 e. The standard InChI is InChI=1S/C31H14N6O4/c1-16(12-32)10-17(8-9-36-15-35)25-28(38)21-4-6-23-27-24(7-5-22(26(21)27)29(25)39)31(41)37(30(23)40)20-3-2-18(13-33)19(11-20)14-34/h2-11,25H,1H3/b16-10+,17-8+,36-9+. The molecule has 1 aliphatic carbocycles. The van der Waals surface area contributed by atoms with Crippen LogP contribution in [0, 0.1) is 51.4 Å². The maximum atomic E-state index is 13.7. The number of hydrogen-bond donors (Lipinski definition) is 0. The average Bonchev–Trinajstić information content (AvgIpc) is 2.98. The SMILES string of the molecule is C\C(C#N)=C/C(=C\C=N\C#N)C1C(=O)c2ccc3c4c(ccc(c24)C1=O)C(=O)N(c1ccc(C#N)c(C#N)c1)C3=O. The van der Waals surface area contributed by atoms with Crippen LogP contribution < -0.4 is 4.90 Å². The highest BCUT2D eigenvalue weighted by Gasteiger charge is 2.42. The molecule has 3 aromatic carbocycles. The maximum absolute atomic E-state index is 13.7. The first kappa shape index (κ1) is 26.1. The summed E-state index contributed by atoms with van der Waals surface area (Å²) in [4.78, 5) is 59.1. The predicted molar refractivity (Wildman–Crippen MR) is 145 cm³/mol. The predicted octanol–water partition coefficient (Wildman–Crippen LogP) is 4.33. The van der Waals surface area contributed by atoms with Gasteiger partial charge in [-0.2, -0.15) is 26.0 Å². The highest BCUT2D eigenvalue weighted by Crippen LogP contribution is 2.41. The Morgan fingerprint density at radius 1 is 0.805 bits per heavy atom. The molecular formula is C31H14N6O4. The Labute approximate surface area is 232 Å². The van der Waals surface area contributed by atoms with E-state index in [2.05, 4.69) is 4.99 Å². The largest absolute Gasteiger partial charge is 0.293 e. The second kappa shape index (κ2) is 10.0. The lowest BCUT2D eigenvalue weighted by molar-refractivity contribution is 0.0825. The van der Waals surface area contributed by atoms with Crippen LogP contribution in [0.3, 0.4) is 0 Å². The number of ketones is 2. The highest BCUT2D eigenvalue weighted by atomic mass is 16.2. The van der Waals surface area contributed by atoms with E-state index in [4.69, 9.17) is 5.26 Å². The van der Waals surface area contributed by atoms with Gasteiger partial charge in [-0.25, -0.2) is 4.90 Å².